The van der Waals surface area contributed by atoms with E-state index in [1.165, 1.54) is 19.4 Å². The highest BCUT2D eigenvalue weighted by atomic mass is 16.4. The Kier molecular flexibility index (Phi) is 8.18. The molecule has 0 fully saturated rings. The predicted octanol–water partition coefficient (Wildman–Crippen LogP) is -3.54. The lowest BCUT2D eigenvalue weighted by atomic mass is 10.1. The van der Waals surface area contributed by atoms with Crippen LogP contribution in [0, 0.1) is 0 Å². The summed E-state index contributed by atoms with van der Waals surface area (Å²) in [7, 11) is 0. The lowest BCUT2D eigenvalue weighted by Crippen LogP contribution is -2.53. The minimum absolute atomic E-state index is 0.209. The average Bonchev–Trinajstić information content (AvgIpc) is 3.09. The number of nitrogens with one attached hydrogen (secondary N) is 4. The number of H-pyrrole nitrogens is 1. The molecule has 26 heavy (non-hydrogen) atoms. The smallest absolute Gasteiger partial charge is 0.328 e. The van der Waals surface area contributed by atoms with Crippen LogP contribution in [0.25, 0.3) is 0 Å². The third-order valence-corrected chi connectivity index (χ3v) is 3.32. The van der Waals surface area contributed by atoms with E-state index in [1.807, 2.05) is 5.32 Å². The highest BCUT2D eigenvalue weighted by Gasteiger charge is 2.22. The molecule has 0 saturated carbocycles. The van der Waals surface area contributed by atoms with Gasteiger partial charge in [-0.2, -0.15) is 0 Å². The summed E-state index contributed by atoms with van der Waals surface area (Å²) in [5.41, 5.74) is 6.41. The molecule has 144 valence electrons. The van der Waals surface area contributed by atoms with Crippen LogP contribution in [-0.4, -0.2) is 75.1 Å². The molecule has 12 nitrogen and oxygen atoms in total. The topological polar surface area (TPSA) is 200 Å². The highest BCUT2D eigenvalue weighted by molar-refractivity contribution is 5.92. The number of nitrogens with two attached hydrogens (primary N) is 1. The van der Waals surface area contributed by atoms with Crippen molar-refractivity contribution in [2.75, 3.05) is 13.2 Å². The zero-order valence-corrected chi connectivity index (χ0v) is 14.1. The number of carbonyl (C=O) groups excluding carboxylic acids is 3. The van der Waals surface area contributed by atoms with E-state index in [2.05, 4.69) is 20.6 Å². The van der Waals surface area contributed by atoms with Crippen LogP contribution in [0.1, 0.15) is 12.6 Å². The number of amides is 3. The molecule has 0 aliphatic rings. The monoisotopic (exact) mass is 370 g/mol. The summed E-state index contributed by atoms with van der Waals surface area (Å²) in [6, 6.07) is -3.32. The van der Waals surface area contributed by atoms with Gasteiger partial charge >= 0.3 is 5.97 Å². The van der Waals surface area contributed by atoms with Crippen LogP contribution in [0.3, 0.4) is 0 Å². The molecule has 1 aromatic rings. The van der Waals surface area contributed by atoms with Crippen molar-refractivity contribution in [1.29, 1.82) is 0 Å². The standard InChI is InChI=1S/C14H22N6O6/c1-7(19-13(24)9(15)2-8-3-16-6-18-8)12(23)17-4-11(22)20-10(5-21)14(25)26/h3,6-7,9-10,21H,2,4-5,15H2,1H3,(H,16,18)(H,17,23)(H,19,24)(H,20,22)(H,25,26). The molecule has 0 aromatic carbocycles. The van der Waals surface area contributed by atoms with Crippen LogP contribution in [0.15, 0.2) is 12.5 Å². The Balaban J connectivity index is 2.38. The Bertz CT molecular complexity index is 634. The lowest BCUT2D eigenvalue weighted by molar-refractivity contribution is -0.142. The van der Waals surface area contributed by atoms with E-state index in [0.717, 1.165) is 0 Å². The van der Waals surface area contributed by atoms with Gasteiger partial charge in [0, 0.05) is 18.3 Å². The van der Waals surface area contributed by atoms with Crippen LogP contribution < -0.4 is 21.7 Å². The van der Waals surface area contributed by atoms with Crippen molar-refractivity contribution in [2.45, 2.75) is 31.5 Å². The molecule has 12 heteroatoms. The quantitative estimate of drug-likeness (QED) is 0.219. The summed E-state index contributed by atoms with van der Waals surface area (Å²) in [6.45, 7) is 0.112. The third kappa shape index (κ3) is 6.86. The van der Waals surface area contributed by atoms with Crippen LogP contribution in [0.4, 0.5) is 0 Å². The molecule has 0 spiro atoms. The van der Waals surface area contributed by atoms with Crippen LogP contribution in [0.5, 0.6) is 0 Å². The first-order chi connectivity index (χ1) is 12.2. The van der Waals surface area contributed by atoms with Crippen LogP contribution in [0.2, 0.25) is 0 Å². The van der Waals surface area contributed by atoms with Gasteiger partial charge in [-0.15, -0.1) is 0 Å². The second-order valence-electron chi connectivity index (χ2n) is 5.48. The number of aromatic nitrogens is 2. The van der Waals surface area contributed by atoms with Gasteiger partial charge in [0.1, 0.15) is 12.1 Å². The van der Waals surface area contributed by atoms with Gasteiger partial charge in [0.25, 0.3) is 0 Å². The number of rotatable bonds is 10. The number of carboxylic acid groups (broad SMARTS) is 1. The molecular formula is C14H22N6O6. The van der Waals surface area contributed by atoms with E-state index in [4.69, 9.17) is 15.9 Å². The minimum Gasteiger partial charge on any atom is -0.480 e. The molecule has 1 heterocycles. The fourth-order valence-electron chi connectivity index (χ4n) is 1.86. The largest absolute Gasteiger partial charge is 0.480 e. The molecule has 3 atom stereocenters. The normalized spacial score (nSPS) is 14.0. The van der Waals surface area contributed by atoms with Crippen molar-refractivity contribution in [3.05, 3.63) is 18.2 Å². The van der Waals surface area contributed by atoms with Crippen molar-refractivity contribution in [3.8, 4) is 0 Å². The molecule has 0 saturated heterocycles. The second kappa shape index (κ2) is 10.1. The van der Waals surface area contributed by atoms with Crippen molar-refractivity contribution >= 4 is 23.7 Å². The first-order valence-corrected chi connectivity index (χ1v) is 7.68. The molecule has 1 rings (SSSR count). The first-order valence-electron chi connectivity index (χ1n) is 7.68. The number of carboxylic acids is 1. The summed E-state index contributed by atoms with van der Waals surface area (Å²) >= 11 is 0. The minimum atomic E-state index is -1.46. The van der Waals surface area contributed by atoms with Gasteiger partial charge in [-0.1, -0.05) is 0 Å². The van der Waals surface area contributed by atoms with E-state index in [-0.39, 0.29) is 6.42 Å². The number of carbonyl (C=O) groups is 4. The Morgan fingerprint density at radius 1 is 1.27 bits per heavy atom. The highest BCUT2D eigenvalue weighted by Crippen LogP contribution is 1.97. The van der Waals surface area contributed by atoms with Gasteiger partial charge < -0.3 is 36.9 Å². The van der Waals surface area contributed by atoms with E-state index in [9.17, 15) is 19.2 Å². The van der Waals surface area contributed by atoms with E-state index < -0.39 is 55.0 Å². The lowest BCUT2D eigenvalue weighted by Gasteiger charge is -2.17. The third-order valence-electron chi connectivity index (χ3n) is 3.32. The molecule has 0 aliphatic carbocycles. The number of imidazole rings is 1. The molecule has 3 amide bonds. The Morgan fingerprint density at radius 2 is 1.96 bits per heavy atom. The average molecular weight is 370 g/mol. The molecule has 0 aliphatic heterocycles. The van der Waals surface area contributed by atoms with Gasteiger partial charge in [-0.05, 0) is 6.92 Å². The van der Waals surface area contributed by atoms with E-state index in [1.54, 1.807) is 0 Å². The SMILES string of the molecule is CC(NC(=O)C(N)Cc1cnc[nH]1)C(=O)NCC(=O)NC(CO)C(=O)O. The zero-order chi connectivity index (χ0) is 19.7. The molecule has 1 aromatic heterocycles. The molecule has 0 radical (unpaired) electrons. The molecule has 3 unspecified atom stereocenters. The van der Waals surface area contributed by atoms with E-state index >= 15 is 0 Å². The summed E-state index contributed by atoms with van der Waals surface area (Å²) in [5.74, 6) is -3.41. The number of aliphatic hydroxyl groups excluding tert-OH is 1. The van der Waals surface area contributed by atoms with E-state index in [0.29, 0.717) is 5.69 Å². The Hall–Kier alpha value is -2.99. The van der Waals surface area contributed by atoms with Crippen LogP contribution >= 0.6 is 0 Å². The number of aliphatic hydroxyl groups is 1. The molecule has 8 N–H and O–H groups in total. The summed E-state index contributed by atoms with van der Waals surface area (Å²) in [4.78, 5) is 52.7. The number of aliphatic carboxylic acids is 1. The van der Waals surface area contributed by atoms with Gasteiger partial charge in [-0.3, -0.25) is 14.4 Å². The number of nitrogens with zero attached hydrogens (tertiary/aromatic N) is 1. The maximum Gasteiger partial charge on any atom is 0.328 e. The zero-order valence-electron chi connectivity index (χ0n) is 14.1. The van der Waals surface area contributed by atoms with Crippen LogP contribution in [-0.2, 0) is 25.6 Å². The van der Waals surface area contributed by atoms with Crippen molar-refractivity contribution in [2.24, 2.45) is 5.73 Å². The maximum absolute atomic E-state index is 12.0. The van der Waals surface area contributed by atoms with Gasteiger partial charge in [0.05, 0.1) is 25.5 Å². The first kappa shape index (κ1) is 21.1. The summed E-state index contributed by atoms with van der Waals surface area (Å²) in [5, 5.41) is 24.2. The van der Waals surface area contributed by atoms with Crippen molar-refractivity contribution in [3.63, 3.8) is 0 Å². The number of hydrogen-bond donors (Lipinski definition) is 7. The summed E-state index contributed by atoms with van der Waals surface area (Å²) in [6.07, 6.45) is 3.19. The van der Waals surface area contributed by atoms with Crippen molar-refractivity contribution in [1.82, 2.24) is 25.9 Å². The van der Waals surface area contributed by atoms with Gasteiger partial charge in [0.2, 0.25) is 17.7 Å². The number of hydrogen-bond acceptors (Lipinski definition) is 7. The van der Waals surface area contributed by atoms with Crippen molar-refractivity contribution < 1.29 is 29.4 Å². The summed E-state index contributed by atoms with van der Waals surface area (Å²) < 4.78 is 0. The predicted molar refractivity (Wildman–Crippen MR) is 87.5 cm³/mol. The Morgan fingerprint density at radius 3 is 2.50 bits per heavy atom. The second-order valence-corrected chi connectivity index (χ2v) is 5.48. The Labute approximate surface area is 148 Å². The molecular weight excluding hydrogens is 348 g/mol. The maximum atomic E-state index is 12.0. The van der Waals surface area contributed by atoms with Gasteiger partial charge in [-0.25, -0.2) is 9.78 Å². The van der Waals surface area contributed by atoms with Gasteiger partial charge in [0.15, 0.2) is 0 Å². The number of aromatic amines is 1. The fourth-order valence-corrected chi connectivity index (χ4v) is 1.86. The molecule has 0 bridgehead atoms. The fraction of sp³-hybridized carbons (Fsp3) is 0.500.